The number of carbonyl (C=O) groups is 1. The second-order valence-electron chi connectivity index (χ2n) is 3.66. The van der Waals surface area contributed by atoms with Crippen molar-refractivity contribution in [3.63, 3.8) is 0 Å². The molecule has 0 heterocycles. The van der Waals surface area contributed by atoms with Crippen LogP contribution in [0.3, 0.4) is 0 Å². The van der Waals surface area contributed by atoms with Crippen molar-refractivity contribution >= 4 is 31.9 Å². The van der Waals surface area contributed by atoms with Crippen LogP contribution in [0.25, 0.3) is 0 Å². The number of rotatable bonds is 4. The van der Waals surface area contributed by atoms with Gasteiger partial charge in [-0.15, -0.1) is 0 Å². The molecule has 0 aliphatic heterocycles. The molecule has 0 bridgehead atoms. The van der Waals surface area contributed by atoms with Crippen LogP contribution >= 0.6 is 15.9 Å². The lowest BCUT2D eigenvalue weighted by Crippen LogP contribution is -2.42. The Labute approximate surface area is 109 Å². The first-order valence-corrected chi connectivity index (χ1v) is 7.09. The highest BCUT2D eigenvalue weighted by atomic mass is 79.9. The van der Waals surface area contributed by atoms with Gasteiger partial charge in [0, 0.05) is 4.47 Å². The quantitative estimate of drug-likeness (QED) is 0.864. The standard InChI is InChI=1S/C10H13BrN2O3S/c1-6-3-4-8(11)5-9(6)17(15,16)13-7(2)10(12)14/h3-5,7,13H,1-2H3,(H2,12,14). The molecule has 1 rings (SSSR count). The maximum Gasteiger partial charge on any atom is 0.241 e. The average molecular weight is 321 g/mol. The van der Waals surface area contributed by atoms with Crippen LogP contribution in [-0.4, -0.2) is 20.4 Å². The first-order valence-electron chi connectivity index (χ1n) is 4.82. The van der Waals surface area contributed by atoms with Crippen molar-refractivity contribution in [2.24, 2.45) is 5.73 Å². The van der Waals surface area contributed by atoms with Crippen molar-refractivity contribution in [1.29, 1.82) is 0 Å². The zero-order chi connectivity index (χ0) is 13.2. The summed E-state index contributed by atoms with van der Waals surface area (Å²) in [5.74, 6) is -0.721. The highest BCUT2D eigenvalue weighted by Gasteiger charge is 2.22. The van der Waals surface area contributed by atoms with E-state index < -0.39 is 22.0 Å². The SMILES string of the molecule is Cc1ccc(Br)cc1S(=O)(=O)NC(C)C(N)=O. The summed E-state index contributed by atoms with van der Waals surface area (Å²) in [6.45, 7) is 3.07. The minimum absolute atomic E-state index is 0.125. The number of primary amides is 1. The summed E-state index contributed by atoms with van der Waals surface area (Å²) in [5, 5.41) is 0. The van der Waals surface area contributed by atoms with E-state index in [9.17, 15) is 13.2 Å². The Morgan fingerprint density at radius 1 is 1.47 bits per heavy atom. The lowest BCUT2D eigenvalue weighted by atomic mass is 10.2. The van der Waals surface area contributed by atoms with Crippen LogP contribution in [0.1, 0.15) is 12.5 Å². The zero-order valence-electron chi connectivity index (χ0n) is 9.40. The molecule has 1 aromatic rings. The number of nitrogens with one attached hydrogen (secondary N) is 1. The summed E-state index contributed by atoms with van der Waals surface area (Å²) in [7, 11) is -3.74. The number of nitrogens with two attached hydrogens (primary N) is 1. The maximum atomic E-state index is 12.0. The molecule has 0 radical (unpaired) electrons. The van der Waals surface area contributed by atoms with Gasteiger partial charge in [-0.2, -0.15) is 4.72 Å². The number of benzene rings is 1. The highest BCUT2D eigenvalue weighted by Crippen LogP contribution is 2.20. The molecule has 0 fully saturated rings. The Morgan fingerprint density at radius 2 is 2.06 bits per heavy atom. The fourth-order valence-corrected chi connectivity index (χ4v) is 3.21. The van der Waals surface area contributed by atoms with E-state index in [1.54, 1.807) is 19.1 Å². The molecular formula is C10H13BrN2O3S. The van der Waals surface area contributed by atoms with Gasteiger partial charge in [-0.05, 0) is 31.5 Å². The van der Waals surface area contributed by atoms with Crippen LogP contribution in [0.4, 0.5) is 0 Å². The monoisotopic (exact) mass is 320 g/mol. The fourth-order valence-electron chi connectivity index (χ4n) is 1.22. The Balaban J connectivity index is 3.13. The molecule has 0 aromatic heterocycles. The number of hydrogen-bond acceptors (Lipinski definition) is 3. The Kier molecular flexibility index (Phi) is 4.29. The van der Waals surface area contributed by atoms with Crippen molar-refractivity contribution in [2.75, 3.05) is 0 Å². The zero-order valence-corrected chi connectivity index (χ0v) is 11.8. The van der Waals surface area contributed by atoms with Crippen molar-refractivity contribution in [1.82, 2.24) is 4.72 Å². The second-order valence-corrected chi connectivity index (χ2v) is 6.25. The summed E-state index contributed by atoms with van der Waals surface area (Å²) < 4.78 is 26.8. The van der Waals surface area contributed by atoms with Gasteiger partial charge < -0.3 is 5.73 Å². The van der Waals surface area contributed by atoms with E-state index in [4.69, 9.17) is 5.73 Å². The van der Waals surface area contributed by atoms with Gasteiger partial charge in [-0.1, -0.05) is 22.0 Å². The molecule has 1 aromatic carbocycles. The lowest BCUT2D eigenvalue weighted by Gasteiger charge is -2.12. The number of carbonyl (C=O) groups excluding carboxylic acids is 1. The van der Waals surface area contributed by atoms with E-state index in [0.29, 0.717) is 10.0 Å². The van der Waals surface area contributed by atoms with Gasteiger partial charge in [-0.3, -0.25) is 4.79 Å². The Morgan fingerprint density at radius 3 is 2.59 bits per heavy atom. The molecular weight excluding hydrogens is 308 g/mol. The number of sulfonamides is 1. The second kappa shape index (κ2) is 5.16. The molecule has 1 unspecified atom stereocenters. The number of aryl methyl sites for hydroxylation is 1. The molecule has 3 N–H and O–H groups in total. The first-order chi connectivity index (χ1) is 7.74. The summed E-state index contributed by atoms with van der Waals surface area (Å²) in [6, 6.07) is 3.95. The third-order valence-corrected chi connectivity index (χ3v) is 4.37. The van der Waals surface area contributed by atoms with Crippen LogP contribution in [0.5, 0.6) is 0 Å². The van der Waals surface area contributed by atoms with Crippen LogP contribution < -0.4 is 10.5 Å². The van der Waals surface area contributed by atoms with Gasteiger partial charge in [0.15, 0.2) is 0 Å². The number of amides is 1. The predicted octanol–water partition coefficient (Wildman–Crippen LogP) is 0.910. The summed E-state index contributed by atoms with van der Waals surface area (Å²) in [4.78, 5) is 11.0. The van der Waals surface area contributed by atoms with Crippen molar-refractivity contribution in [2.45, 2.75) is 24.8 Å². The Bertz CT molecular complexity index is 542. The smallest absolute Gasteiger partial charge is 0.241 e. The minimum Gasteiger partial charge on any atom is -0.368 e. The average Bonchev–Trinajstić information content (AvgIpc) is 2.20. The van der Waals surface area contributed by atoms with Gasteiger partial charge in [0.2, 0.25) is 15.9 Å². The third-order valence-electron chi connectivity index (χ3n) is 2.20. The fraction of sp³-hybridized carbons (Fsp3) is 0.300. The van der Waals surface area contributed by atoms with Crippen LogP contribution in [0.15, 0.2) is 27.6 Å². The van der Waals surface area contributed by atoms with E-state index in [2.05, 4.69) is 20.7 Å². The van der Waals surface area contributed by atoms with Crippen molar-refractivity contribution in [3.05, 3.63) is 28.2 Å². The van der Waals surface area contributed by atoms with Crippen LogP contribution in [0, 0.1) is 6.92 Å². The van der Waals surface area contributed by atoms with Crippen LogP contribution in [0.2, 0.25) is 0 Å². The van der Waals surface area contributed by atoms with Crippen molar-refractivity contribution in [3.8, 4) is 0 Å². The molecule has 1 atom stereocenters. The molecule has 5 nitrogen and oxygen atoms in total. The molecule has 0 saturated carbocycles. The largest absolute Gasteiger partial charge is 0.368 e. The van der Waals surface area contributed by atoms with E-state index in [1.165, 1.54) is 13.0 Å². The summed E-state index contributed by atoms with van der Waals surface area (Å²) >= 11 is 3.20. The Hall–Kier alpha value is -0.920. The van der Waals surface area contributed by atoms with E-state index >= 15 is 0 Å². The van der Waals surface area contributed by atoms with Crippen LogP contribution in [-0.2, 0) is 14.8 Å². The highest BCUT2D eigenvalue weighted by molar-refractivity contribution is 9.10. The van der Waals surface area contributed by atoms with E-state index in [-0.39, 0.29) is 4.90 Å². The molecule has 0 aliphatic carbocycles. The van der Waals surface area contributed by atoms with E-state index in [0.717, 1.165) is 0 Å². The van der Waals surface area contributed by atoms with Gasteiger partial charge in [0.25, 0.3) is 0 Å². The maximum absolute atomic E-state index is 12.0. The normalized spacial score (nSPS) is 13.4. The predicted molar refractivity (Wildman–Crippen MR) is 67.9 cm³/mol. The van der Waals surface area contributed by atoms with Gasteiger partial charge >= 0.3 is 0 Å². The van der Waals surface area contributed by atoms with Gasteiger partial charge in [-0.25, -0.2) is 8.42 Å². The molecule has 7 heteroatoms. The summed E-state index contributed by atoms with van der Waals surface area (Å²) in [6.07, 6.45) is 0. The lowest BCUT2D eigenvalue weighted by molar-refractivity contribution is -0.119. The van der Waals surface area contributed by atoms with Gasteiger partial charge in [0.1, 0.15) is 0 Å². The molecule has 0 saturated heterocycles. The number of hydrogen-bond donors (Lipinski definition) is 2. The van der Waals surface area contributed by atoms with E-state index in [1.807, 2.05) is 0 Å². The minimum atomic E-state index is -3.74. The molecule has 17 heavy (non-hydrogen) atoms. The topological polar surface area (TPSA) is 89.3 Å². The third kappa shape index (κ3) is 3.52. The number of halogens is 1. The first kappa shape index (κ1) is 14.1. The summed E-state index contributed by atoms with van der Waals surface area (Å²) in [5.41, 5.74) is 5.61. The van der Waals surface area contributed by atoms with Crippen molar-refractivity contribution < 1.29 is 13.2 Å². The molecule has 0 spiro atoms. The molecule has 1 amide bonds. The molecule has 0 aliphatic rings. The van der Waals surface area contributed by atoms with Gasteiger partial charge in [0.05, 0.1) is 10.9 Å². The molecule has 94 valence electrons.